The van der Waals surface area contributed by atoms with Crippen LogP contribution in [0.5, 0.6) is 0 Å². The second-order valence-corrected chi connectivity index (χ2v) is 8.42. The summed E-state index contributed by atoms with van der Waals surface area (Å²) < 4.78 is 4.71. The summed E-state index contributed by atoms with van der Waals surface area (Å²) in [6.45, 7) is 6.55. The zero-order valence-electron chi connectivity index (χ0n) is 16.9. The van der Waals surface area contributed by atoms with Crippen molar-refractivity contribution in [3.8, 4) is 11.3 Å². The van der Waals surface area contributed by atoms with Gasteiger partial charge in [-0.05, 0) is 16.5 Å². The quantitative estimate of drug-likeness (QED) is 0.417. The molecule has 0 fully saturated rings. The van der Waals surface area contributed by atoms with Gasteiger partial charge in [-0.2, -0.15) is 5.10 Å². The second kappa shape index (κ2) is 8.87. The van der Waals surface area contributed by atoms with Crippen LogP contribution in [0.4, 0.5) is 14.9 Å². The highest BCUT2D eigenvalue weighted by Crippen LogP contribution is 2.36. The third-order valence-electron chi connectivity index (χ3n) is 4.23. The minimum atomic E-state index is -0.542. The van der Waals surface area contributed by atoms with Gasteiger partial charge >= 0.3 is 6.09 Å². The first kappa shape index (κ1) is 20.5. The normalized spacial score (nSPS) is 11.4. The van der Waals surface area contributed by atoms with E-state index in [-0.39, 0.29) is 5.41 Å². The van der Waals surface area contributed by atoms with E-state index in [1.807, 2.05) is 42.5 Å². The van der Waals surface area contributed by atoms with Gasteiger partial charge in [-0.3, -0.25) is 10.7 Å². The van der Waals surface area contributed by atoms with Crippen LogP contribution >= 0.6 is 11.3 Å². The number of nitrogens with zero attached hydrogens (tertiary/aromatic N) is 2. The van der Waals surface area contributed by atoms with Crippen molar-refractivity contribution in [3.63, 3.8) is 0 Å². The van der Waals surface area contributed by atoms with Crippen LogP contribution < -0.4 is 10.7 Å². The summed E-state index contributed by atoms with van der Waals surface area (Å²) >= 11 is 1.29. The van der Waals surface area contributed by atoms with Crippen LogP contribution in [0.15, 0.2) is 59.7 Å². The third-order valence-corrected chi connectivity index (χ3v) is 5.10. The number of carbonyl (C=O) groups is 1. The lowest BCUT2D eigenvalue weighted by Crippen LogP contribution is -2.10. The smallest absolute Gasteiger partial charge is 0.412 e. The summed E-state index contributed by atoms with van der Waals surface area (Å²) in [5.41, 5.74) is 6.87. The summed E-state index contributed by atoms with van der Waals surface area (Å²) in [5, 5.41) is 8.15. The second-order valence-electron chi connectivity index (χ2n) is 7.42. The van der Waals surface area contributed by atoms with Gasteiger partial charge in [-0.25, -0.2) is 9.78 Å². The Labute approximate surface area is 174 Å². The summed E-state index contributed by atoms with van der Waals surface area (Å²) in [6.07, 6.45) is 1.20. The fourth-order valence-corrected chi connectivity index (χ4v) is 3.44. The molecule has 3 aromatic rings. The van der Waals surface area contributed by atoms with E-state index in [1.165, 1.54) is 24.0 Å². The van der Waals surface area contributed by atoms with Crippen molar-refractivity contribution in [2.24, 2.45) is 5.10 Å². The fraction of sp³-hybridized carbons (Fsp3) is 0.227. The number of ether oxygens (including phenoxy) is 1. The molecule has 2 aromatic carbocycles. The van der Waals surface area contributed by atoms with Crippen molar-refractivity contribution < 1.29 is 9.53 Å². The molecule has 0 saturated heterocycles. The molecule has 150 valence electrons. The lowest BCUT2D eigenvalue weighted by atomic mass is 9.87. The number of methoxy groups -OCH3 is 1. The third kappa shape index (κ3) is 5.42. The first-order valence-corrected chi connectivity index (χ1v) is 9.99. The van der Waals surface area contributed by atoms with E-state index < -0.39 is 6.09 Å². The number of carbonyl (C=O) groups excluding carboxylic acids is 1. The maximum atomic E-state index is 11.7. The highest BCUT2D eigenvalue weighted by Gasteiger charge is 2.15. The van der Waals surface area contributed by atoms with E-state index in [4.69, 9.17) is 4.74 Å². The number of thiazole rings is 1. The Kier molecular flexibility index (Phi) is 6.29. The highest BCUT2D eigenvalue weighted by atomic mass is 32.1. The van der Waals surface area contributed by atoms with Crippen LogP contribution in [0, 0.1) is 0 Å². The predicted octanol–water partition coefficient (Wildman–Crippen LogP) is 5.73. The van der Waals surface area contributed by atoms with Crippen molar-refractivity contribution in [3.05, 3.63) is 65.7 Å². The lowest BCUT2D eigenvalue weighted by Gasteiger charge is -2.18. The first-order chi connectivity index (χ1) is 13.9. The van der Waals surface area contributed by atoms with Gasteiger partial charge in [0.05, 0.1) is 13.3 Å². The minimum absolute atomic E-state index is 0.117. The summed E-state index contributed by atoms with van der Waals surface area (Å²) in [7, 11) is 1.33. The van der Waals surface area contributed by atoms with Gasteiger partial charge < -0.3 is 4.74 Å². The van der Waals surface area contributed by atoms with E-state index in [0.29, 0.717) is 15.8 Å². The highest BCUT2D eigenvalue weighted by molar-refractivity contribution is 7.20. The van der Waals surface area contributed by atoms with E-state index in [9.17, 15) is 4.79 Å². The molecule has 0 atom stereocenters. The lowest BCUT2D eigenvalue weighted by molar-refractivity contribution is 0.187. The van der Waals surface area contributed by atoms with Crippen LogP contribution in [-0.2, 0) is 10.2 Å². The SMILES string of the molecule is COC(=O)Nc1sc(N/N=C/c2ccc(C(C)(C)C)cc2)nc1-c1ccccc1. The molecule has 0 aliphatic rings. The van der Waals surface area contributed by atoms with Crippen molar-refractivity contribution in [2.45, 2.75) is 26.2 Å². The van der Waals surface area contributed by atoms with Crippen LogP contribution in [-0.4, -0.2) is 24.4 Å². The molecule has 1 heterocycles. The minimum Gasteiger partial charge on any atom is -0.453 e. The molecule has 7 heteroatoms. The van der Waals surface area contributed by atoms with Crippen LogP contribution in [0.1, 0.15) is 31.9 Å². The van der Waals surface area contributed by atoms with E-state index in [1.54, 1.807) is 6.21 Å². The number of benzene rings is 2. The van der Waals surface area contributed by atoms with Gasteiger partial charge in [0.2, 0.25) is 5.13 Å². The van der Waals surface area contributed by atoms with Gasteiger partial charge in [0, 0.05) is 5.56 Å². The van der Waals surface area contributed by atoms with Crippen LogP contribution in [0.3, 0.4) is 0 Å². The Balaban J connectivity index is 1.77. The van der Waals surface area contributed by atoms with Gasteiger partial charge in [0.1, 0.15) is 10.7 Å². The number of amides is 1. The van der Waals surface area contributed by atoms with E-state index >= 15 is 0 Å². The zero-order chi connectivity index (χ0) is 20.9. The van der Waals surface area contributed by atoms with Gasteiger partial charge in [0.25, 0.3) is 0 Å². The summed E-state index contributed by atoms with van der Waals surface area (Å²) in [6, 6.07) is 17.9. The summed E-state index contributed by atoms with van der Waals surface area (Å²) in [4.78, 5) is 16.2. The number of hydrogen-bond donors (Lipinski definition) is 2. The first-order valence-electron chi connectivity index (χ1n) is 9.17. The molecule has 0 spiro atoms. The van der Waals surface area contributed by atoms with E-state index in [0.717, 1.165) is 11.1 Å². The Morgan fingerprint density at radius 1 is 1.10 bits per heavy atom. The fourth-order valence-electron chi connectivity index (χ4n) is 2.62. The Morgan fingerprint density at radius 2 is 1.79 bits per heavy atom. The number of anilines is 2. The van der Waals surface area contributed by atoms with Gasteiger partial charge in [-0.15, -0.1) is 0 Å². The zero-order valence-corrected chi connectivity index (χ0v) is 17.7. The summed E-state index contributed by atoms with van der Waals surface area (Å²) in [5.74, 6) is 0. The maximum Gasteiger partial charge on any atom is 0.412 e. The number of aromatic nitrogens is 1. The number of hydrogen-bond acceptors (Lipinski definition) is 6. The molecule has 3 rings (SSSR count). The Hall–Kier alpha value is -3.19. The number of hydrazone groups is 1. The predicted molar refractivity (Wildman–Crippen MR) is 120 cm³/mol. The molecule has 0 aliphatic carbocycles. The standard InChI is InChI=1S/C22H24N4O2S/c1-22(2,3)17-12-10-15(11-13-17)14-23-26-20-24-18(16-8-6-5-7-9-16)19(29-20)25-21(27)28-4/h5-14H,1-4H3,(H,24,26)(H,25,27)/b23-14+. The molecule has 0 bridgehead atoms. The molecule has 29 heavy (non-hydrogen) atoms. The average molecular weight is 409 g/mol. The van der Waals surface area contributed by atoms with Crippen molar-refractivity contribution in [1.29, 1.82) is 0 Å². The molecule has 0 unspecified atom stereocenters. The molecule has 1 aromatic heterocycles. The molecule has 0 radical (unpaired) electrons. The van der Waals surface area contributed by atoms with Crippen molar-refractivity contribution in [2.75, 3.05) is 17.9 Å². The molecule has 1 amide bonds. The van der Waals surface area contributed by atoms with Crippen LogP contribution in [0.25, 0.3) is 11.3 Å². The molecular formula is C22H24N4O2S. The van der Waals surface area contributed by atoms with Gasteiger partial charge in [0.15, 0.2) is 0 Å². The Bertz CT molecular complexity index is 990. The average Bonchev–Trinajstić information content (AvgIpc) is 3.10. The molecule has 2 N–H and O–H groups in total. The van der Waals surface area contributed by atoms with E-state index in [2.05, 4.69) is 53.7 Å². The maximum absolute atomic E-state index is 11.7. The van der Waals surface area contributed by atoms with Crippen LogP contribution in [0.2, 0.25) is 0 Å². The monoisotopic (exact) mass is 408 g/mol. The van der Waals surface area contributed by atoms with Crippen molar-refractivity contribution in [1.82, 2.24) is 4.98 Å². The van der Waals surface area contributed by atoms with Gasteiger partial charge in [-0.1, -0.05) is 86.7 Å². The largest absolute Gasteiger partial charge is 0.453 e. The number of rotatable bonds is 5. The number of nitrogens with one attached hydrogen (secondary N) is 2. The van der Waals surface area contributed by atoms with Crippen molar-refractivity contribution >= 4 is 33.8 Å². The topological polar surface area (TPSA) is 75.6 Å². The molecule has 0 aliphatic heterocycles. The molecule has 0 saturated carbocycles. The Morgan fingerprint density at radius 3 is 2.41 bits per heavy atom. The molecule has 6 nitrogen and oxygen atoms in total. The molecular weight excluding hydrogens is 384 g/mol.